The lowest BCUT2D eigenvalue weighted by Gasteiger charge is -2.41. The summed E-state index contributed by atoms with van der Waals surface area (Å²) in [5.74, 6) is 2.25. The van der Waals surface area contributed by atoms with Gasteiger partial charge in [0.25, 0.3) is 0 Å². The van der Waals surface area contributed by atoms with E-state index in [2.05, 4.69) is 0 Å². The highest BCUT2D eigenvalue weighted by atomic mass is 16.5. The Morgan fingerprint density at radius 2 is 0.679 bits per heavy atom. The summed E-state index contributed by atoms with van der Waals surface area (Å²) in [5, 5.41) is 0. The minimum Gasteiger partial charge on any atom is -0.497 e. The van der Waals surface area contributed by atoms with Crippen molar-refractivity contribution in [3.8, 4) is 23.0 Å². The van der Waals surface area contributed by atoms with Crippen LogP contribution in [0.25, 0.3) is 0 Å². The molecule has 0 unspecified atom stereocenters. The number of carbonyl (C=O) groups excluding carboxylic acids is 2. The third-order valence-electron chi connectivity index (χ3n) is 10.4. The molecule has 286 valence electrons. The van der Waals surface area contributed by atoms with E-state index in [9.17, 15) is 9.59 Å². The van der Waals surface area contributed by atoms with E-state index in [-0.39, 0.29) is 13.2 Å². The molecule has 0 spiro atoms. The third kappa shape index (κ3) is 7.67. The molecular weight excluding hydrogens is 705 g/mol. The predicted octanol–water partition coefficient (Wildman–Crippen LogP) is 8.81. The van der Waals surface area contributed by atoms with Crippen molar-refractivity contribution in [3.63, 3.8) is 0 Å². The second-order valence-electron chi connectivity index (χ2n) is 13.4. The van der Waals surface area contributed by atoms with Crippen molar-refractivity contribution in [2.75, 3.05) is 41.7 Å². The van der Waals surface area contributed by atoms with Gasteiger partial charge < -0.3 is 33.2 Å². The molecule has 0 bridgehead atoms. The zero-order valence-corrected chi connectivity index (χ0v) is 32.3. The first-order valence-corrected chi connectivity index (χ1v) is 18.2. The van der Waals surface area contributed by atoms with Gasteiger partial charge in [-0.2, -0.15) is 0 Å². The van der Waals surface area contributed by atoms with Crippen molar-refractivity contribution in [1.82, 2.24) is 0 Å². The molecule has 0 aliphatic heterocycles. The largest absolute Gasteiger partial charge is 0.497 e. The fourth-order valence-electron chi connectivity index (χ4n) is 7.02. The molecule has 0 aliphatic rings. The summed E-state index contributed by atoms with van der Waals surface area (Å²) >= 11 is 0. The molecule has 8 heteroatoms. The standard InChI is InChI=1S/C48H46O8/c1-35(50)46(32-49,33-55-47(36-12-8-6-9-13-36,38-16-24-42(51-2)25-17-38)39-18-26-43(52-3)27-19-39)34-56-48(37-14-10-7-11-15-37,40-20-28-44(53-4)29-21-40)41-22-30-45(54-5)31-23-41/h6-32H,33-34H2,1-5H3. The molecule has 0 heterocycles. The van der Waals surface area contributed by atoms with Crippen molar-refractivity contribution < 1.29 is 38.0 Å². The molecule has 6 rings (SSSR count). The molecule has 0 aliphatic carbocycles. The van der Waals surface area contributed by atoms with Gasteiger partial charge in [0, 0.05) is 0 Å². The van der Waals surface area contributed by atoms with Gasteiger partial charge in [0.05, 0.1) is 41.7 Å². The van der Waals surface area contributed by atoms with E-state index in [0.717, 1.165) is 33.4 Å². The molecule has 0 fully saturated rings. The summed E-state index contributed by atoms with van der Waals surface area (Å²) in [5.41, 5.74) is 0.284. The SMILES string of the molecule is COc1ccc(C(OCC(C=O)(COC(c2ccccc2)(c2ccc(OC)cc2)c2ccc(OC)cc2)C(C)=O)(c2ccccc2)c2ccc(OC)cc2)cc1. The Balaban J connectivity index is 1.51. The summed E-state index contributed by atoms with van der Waals surface area (Å²) in [6, 6.07) is 49.7. The van der Waals surface area contributed by atoms with E-state index in [1.165, 1.54) is 6.92 Å². The molecule has 0 saturated heterocycles. The molecular formula is C48H46O8. The fraction of sp³-hybridized carbons (Fsp3) is 0.208. The highest BCUT2D eigenvalue weighted by Crippen LogP contribution is 2.45. The molecule has 0 saturated carbocycles. The number of benzene rings is 6. The van der Waals surface area contributed by atoms with E-state index >= 15 is 0 Å². The highest BCUT2D eigenvalue weighted by molar-refractivity contribution is 5.97. The van der Waals surface area contributed by atoms with Crippen LogP contribution in [-0.2, 0) is 30.3 Å². The van der Waals surface area contributed by atoms with Gasteiger partial charge in [-0.05, 0) is 88.8 Å². The van der Waals surface area contributed by atoms with E-state index in [1.54, 1.807) is 28.4 Å². The van der Waals surface area contributed by atoms with Crippen molar-refractivity contribution in [1.29, 1.82) is 0 Å². The van der Waals surface area contributed by atoms with E-state index < -0.39 is 22.4 Å². The van der Waals surface area contributed by atoms with E-state index in [1.807, 2.05) is 158 Å². The number of ether oxygens (including phenoxy) is 6. The van der Waals surface area contributed by atoms with Crippen LogP contribution in [0.15, 0.2) is 158 Å². The number of aldehydes is 1. The van der Waals surface area contributed by atoms with Crippen molar-refractivity contribution in [2.24, 2.45) is 5.41 Å². The van der Waals surface area contributed by atoms with Gasteiger partial charge >= 0.3 is 0 Å². The van der Waals surface area contributed by atoms with Gasteiger partial charge in [0.1, 0.15) is 51.7 Å². The van der Waals surface area contributed by atoms with Crippen LogP contribution in [0.2, 0.25) is 0 Å². The molecule has 6 aromatic rings. The Morgan fingerprint density at radius 3 is 0.893 bits per heavy atom. The quantitative estimate of drug-likeness (QED) is 0.0490. The monoisotopic (exact) mass is 750 g/mol. The molecule has 8 nitrogen and oxygen atoms in total. The van der Waals surface area contributed by atoms with Crippen LogP contribution >= 0.6 is 0 Å². The van der Waals surface area contributed by atoms with Crippen LogP contribution in [0.5, 0.6) is 23.0 Å². The Kier molecular flexibility index (Phi) is 12.3. The van der Waals surface area contributed by atoms with Gasteiger partial charge in [0.2, 0.25) is 0 Å². The minimum atomic E-state index is -1.75. The summed E-state index contributed by atoms with van der Waals surface area (Å²) in [4.78, 5) is 27.6. The highest BCUT2D eigenvalue weighted by Gasteiger charge is 2.47. The molecule has 0 amide bonds. The van der Waals surface area contributed by atoms with Gasteiger partial charge in [-0.15, -0.1) is 0 Å². The Labute approximate surface area is 328 Å². The number of ketones is 1. The summed E-state index contributed by atoms with van der Waals surface area (Å²) in [7, 11) is 6.44. The lowest BCUT2D eigenvalue weighted by molar-refractivity contribution is -0.151. The Bertz CT molecular complexity index is 1920. The predicted molar refractivity (Wildman–Crippen MR) is 216 cm³/mol. The molecule has 0 aromatic heterocycles. The van der Waals surface area contributed by atoms with Crippen molar-refractivity contribution in [3.05, 3.63) is 191 Å². The maximum Gasteiger partial charge on any atom is 0.147 e. The Hall–Kier alpha value is -6.22. The van der Waals surface area contributed by atoms with Gasteiger partial charge in [-0.1, -0.05) is 109 Å². The number of hydrogen-bond acceptors (Lipinski definition) is 8. The maximum absolute atomic E-state index is 14.0. The second kappa shape index (κ2) is 17.5. The number of Topliss-reactive ketones (excluding diaryl/α,β-unsaturated/α-hetero) is 1. The van der Waals surface area contributed by atoms with Crippen LogP contribution in [-0.4, -0.2) is 53.7 Å². The summed E-state index contributed by atoms with van der Waals surface area (Å²) in [6.07, 6.45) is 0.658. The number of carbonyl (C=O) groups is 2. The number of rotatable bonds is 18. The topological polar surface area (TPSA) is 89.5 Å². The van der Waals surface area contributed by atoms with E-state index in [4.69, 9.17) is 28.4 Å². The van der Waals surface area contributed by atoms with Crippen LogP contribution in [0.4, 0.5) is 0 Å². The molecule has 0 radical (unpaired) electrons. The first kappa shape index (κ1) is 39.5. The van der Waals surface area contributed by atoms with Crippen LogP contribution in [0.1, 0.15) is 40.3 Å². The molecule has 56 heavy (non-hydrogen) atoms. The molecule has 0 N–H and O–H groups in total. The van der Waals surface area contributed by atoms with Crippen LogP contribution in [0, 0.1) is 5.41 Å². The average molecular weight is 751 g/mol. The summed E-state index contributed by atoms with van der Waals surface area (Å²) in [6.45, 7) is 0.751. The minimum absolute atomic E-state index is 0.325. The van der Waals surface area contributed by atoms with Crippen LogP contribution < -0.4 is 18.9 Å². The second-order valence-corrected chi connectivity index (χ2v) is 13.4. The van der Waals surface area contributed by atoms with Gasteiger partial charge in [-0.3, -0.25) is 4.79 Å². The number of hydrogen-bond donors (Lipinski definition) is 0. The van der Waals surface area contributed by atoms with Crippen molar-refractivity contribution in [2.45, 2.75) is 18.1 Å². The normalized spacial score (nSPS) is 11.7. The zero-order chi connectivity index (χ0) is 39.6. The van der Waals surface area contributed by atoms with Gasteiger partial charge in [-0.25, -0.2) is 0 Å². The van der Waals surface area contributed by atoms with Crippen LogP contribution in [0.3, 0.4) is 0 Å². The smallest absolute Gasteiger partial charge is 0.147 e. The lowest BCUT2D eigenvalue weighted by atomic mass is 9.78. The maximum atomic E-state index is 14.0. The molecule has 0 atom stereocenters. The fourth-order valence-corrected chi connectivity index (χ4v) is 7.02. The average Bonchev–Trinajstić information content (AvgIpc) is 3.27. The first-order chi connectivity index (χ1) is 27.3. The Morgan fingerprint density at radius 1 is 0.429 bits per heavy atom. The van der Waals surface area contributed by atoms with Crippen molar-refractivity contribution >= 4 is 12.1 Å². The van der Waals surface area contributed by atoms with Gasteiger partial charge in [0.15, 0.2) is 0 Å². The molecule has 6 aromatic carbocycles. The third-order valence-corrected chi connectivity index (χ3v) is 10.4. The number of methoxy groups -OCH3 is 4. The summed E-state index contributed by atoms with van der Waals surface area (Å²) < 4.78 is 36.3. The first-order valence-electron chi connectivity index (χ1n) is 18.2. The van der Waals surface area contributed by atoms with E-state index in [0.29, 0.717) is 29.3 Å². The lowest BCUT2D eigenvalue weighted by Crippen LogP contribution is -2.47. The zero-order valence-electron chi connectivity index (χ0n) is 32.3.